The standard InChI is InChI=1S/C19H14ClNO3/c1-2-12-3-5-15-14(9-19(22)24-18(15)8-12)11-23-17-6-4-13(10-21)7-16(17)20/h3-9H,2,11H2,1H3. The van der Waals surface area contributed by atoms with E-state index in [0.717, 1.165) is 22.9 Å². The zero-order chi connectivity index (χ0) is 17.1. The highest BCUT2D eigenvalue weighted by Gasteiger charge is 2.09. The molecule has 0 spiro atoms. The number of rotatable bonds is 4. The summed E-state index contributed by atoms with van der Waals surface area (Å²) in [5.41, 5.74) is 2.42. The van der Waals surface area contributed by atoms with Crippen LogP contribution in [-0.4, -0.2) is 0 Å². The number of hydrogen-bond acceptors (Lipinski definition) is 4. The first-order chi connectivity index (χ1) is 11.6. The number of fused-ring (bicyclic) bond motifs is 1. The van der Waals surface area contributed by atoms with Gasteiger partial charge in [-0.05, 0) is 36.2 Å². The Kier molecular flexibility index (Phi) is 4.54. The van der Waals surface area contributed by atoms with Crippen LogP contribution in [-0.2, 0) is 13.0 Å². The molecule has 0 radical (unpaired) electrons. The van der Waals surface area contributed by atoms with Gasteiger partial charge >= 0.3 is 5.63 Å². The average molecular weight is 340 g/mol. The topological polar surface area (TPSA) is 63.2 Å². The van der Waals surface area contributed by atoms with E-state index < -0.39 is 5.63 Å². The molecule has 0 fully saturated rings. The zero-order valence-corrected chi connectivity index (χ0v) is 13.8. The molecule has 3 rings (SSSR count). The maximum Gasteiger partial charge on any atom is 0.336 e. The Morgan fingerprint density at radius 3 is 2.75 bits per heavy atom. The average Bonchev–Trinajstić information content (AvgIpc) is 2.59. The minimum absolute atomic E-state index is 0.180. The Bertz CT molecular complexity index is 1000. The minimum atomic E-state index is -0.416. The van der Waals surface area contributed by atoms with E-state index >= 15 is 0 Å². The lowest BCUT2D eigenvalue weighted by Crippen LogP contribution is -2.04. The summed E-state index contributed by atoms with van der Waals surface area (Å²) >= 11 is 6.11. The van der Waals surface area contributed by atoms with Gasteiger partial charge in [0.2, 0.25) is 0 Å². The first kappa shape index (κ1) is 16.1. The number of nitrogens with zero attached hydrogens (tertiary/aromatic N) is 1. The first-order valence-electron chi connectivity index (χ1n) is 7.49. The van der Waals surface area contributed by atoms with E-state index in [-0.39, 0.29) is 6.61 Å². The van der Waals surface area contributed by atoms with Crippen LogP contribution in [0.5, 0.6) is 5.75 Å². The molecule has 3 aromatic rings. The van der Waals surface area contributed by atoms with E-state index in [4.69, 9.17) is 26.0 Å². The van der Waals surface area contributed by atoms with E-state index in [0.29, 0.717) is 21.9 Å². The van der Waals surface area contributed by atoms with Crippen LogP contribution in [0.15, 0.2) is 51.7 Å². The molecule has 120 valence electrons. The summed E-state index contributed by atoms with van der Waals surface area (Å²) in [4.78, 5) is 11.8. The SMILES string of the molecule is CCc1ccc2c(COc3ccc(C#N)cc3Cl)cc(=O)oc2c1. The number of benzene rings is 2. The highest BCUT2D eigenvalue weighted by Crippen LogP contribution is 2.27. The molecule has 0 N–H and O–H groups in total. The first-order valence-corrected chi connectivity index (χ1v) is 7.86. The van der Waals surface area contributed by atoms with Gasteiger partial charge in [-0.25, -0.2) is 4.79 Å². The van der Waals surface area contributed by atoms with Crippen molar-refractivity contribution in [1.29, 1.82) is 5.26 Å². The largest absolute Gasteiger partial charge is 0.487 e. The Balaban J connectivity index is 1.93. The van der Waals surface area contributed by atoms with Crippen LogP contribution >= 0.6 is 11.6 Å². The van der Waals surface area contributed by atoms with Gasteiger partial charge in [0.1, 0.15) is 17.9 Å². The van der Waals surface area contributed by atoms with Crippen LogP contribution in [0.2, 0.25) is 5.02 Å². The van der Waals surface area contributed by atoms with Crippen molar-refractivity contribution in [3.05, 3.63) is 74.6 Å². The molecule has 0 unspecified atom stereocenters. The lowest BCUT2D eigenvalue weighted by molar-refractivity contribution is 0.307. The number of hydrogen-bond donors (Lipinski definition) is 0. The molecule has 0 atom stereocenters. The lowest BCUT2D eigenvalue weighted by atomic mass is 10.1. The second-order valence-corrected chi connectivity index (χ2v) is 5.73. The number of nitriles is 1. The van der Waals surface area contributed by atoms with Crippen molar-refractivity contribution in [3.63, 3.8) is 0 Å². The third-order valence-electron chi connectivity index (χ3n) is 3.75. The van der Waals surface area contributed by atoms with Crippen LogP contribution in [0.25, 0.3) is 11.0 Å². The molecule has 5 heteroatoms. The summed E-state index contributed by atoms with van der Waals surface area (Å²) in [7, 11) is 0. The maximum absolute atomic E-state index is 11.8. The third kappa shape index (κ3) is 3.27. The summed E-state index contributed by atoms with van der Waals surface area (Å²) in [5, 5.41) is 10.0. The predicted molar refractivity (Wildman–Crippen MR) is 92.4 cm³/mol. The molecule has 1 aromatic heterocycles. The number of ether oxygens (including phenoxy) is 1. The fourth-order valence-electron chi connectivity index (χ4n) is 2.46. The van der Waals surface area contributed by atoms with Gasteiger partial charge in [-0.15, -0.1) is 0 Å². The quantitative estimate of drug-likeness (QED) is 0.658. The molecule has 0 aliphatic rings. The van der Waals surface area contributed by atoms with Gasteiger partial charge in [0.15, 0.2) is 0 Å². The highest BCUT2D eigenvalue weighted by atomic mass is 35.5. The van der Waals surface area contributed by atoms with Gasteiger partial charge in [-0.1, -0.05) is 30.7 Å². The van der Waals surface area contributed by atoms with Crippen molar-refractivity contribution in [1.82, 2.24) is 0 Å². The Morgan fingerprint density at radius 2 is 2.04 bits per heavy atom. The molecular formula is C19H14ClNO3. The van der Waals surface area contributed by atoms with Gasteiger partial charge < -0.3 is 9.15 Å². The molecule has 24 heavy (non-hydrogen) atoms. The van der Waals surface area contributed by atoms with Crippen molar-refractivity contribution in [3.8, 4) is 11.8 Å². The second-order valence-electron chi connectivity index (χ2n) is 5.32. The number of aryl methyl sites for hydroxylation is 1. The molecule has 0 aliphatic carbocycles. The Morgan fingerprint density at radius 1 is 1.21 bits per heavy atom. The predicted octanol–water partition coefficient (Wildman–Crippen LogP) is 4.46. The molecule has 1 heterocycles. The summed E-state index contributed by atoms with van der Waals surface area (Å²) in [5.74, 6) is 0.460. The van der Waals surface area contributed by atoms with Crippen molar-refractivity contribution >= 4 is 22.6 Å². The minimum Gasteiger partial charge on any atom is -0.487 e. The van der Waals surface area contributed by atoms with Gasteiger partial charge in [0.05, 0.1) is 16.7 Å². The Hall–Kier alpha value is -2.77. The van der Waals surface area contributed by atoms with E-state index in [2.05, 4.69) is 0 Å². The lowest BCUT2D eigenvalue weighted by Gasteiger charge is -2.10. The zero-order valence-electron chi connectivity index (χ0n) is 13.0. The molecule has 0 aliphatic heterocycles. The molecular weight excluding hydrogens is 326 g/mol. The Labute approximate surface area is 143 Å². The van der Waals surface area contributed by atoms with Crippen molar-refractivity contribution in [2.24, 2.45) is 0 Å². The van der Waals surface area contributed by atoms with E-state index in [1.165, 1.54) is 6.07 Å². The smallest absolute Gasteiger partial charge is 0.336 e. The number of halogens is 1. The second kappa shape index (κ2) is 6.77. The van der Waals surface area contributed by atoms with Crippen LogP contribution in [0.1, 0.15) is 23.6 Å². The van der Waals surface area contributed by atoms with Crippen LogP contribution in [0.4, 0.5) is 0 Å². The molecule has 0 saturated carbocycles. The fraction of sp³-hybridized carbons (Fsp3) is 0.158. The monoisotopic (exact) mass is 339 g/mol. The van der Waals surface area contributed by atoms with Gasteiger partial charge in [-0.2, -0.15) is 5.26 Å². The highest BCUT2D eigenvalue weighted by molar-refractivity contribution is 6.32. The molecule has 0 bridgehead atoms. The van der Waals surface area contributed by atoms with Gasteiger partial charge in [0.25, 0.3) is 0 Å². The summed E-state index contributed by atoms with van der Waals surface area (Å²) in [6, 6.07) is 14.1. The van der Waals surface area contributed by atoms with E-state index in [9.17, 15) is 4.79 Å². The molecule has 2 aromatic carbocycles. The van der Waals surface area contributed by atoms with Gasteiger partial charge in [-0.3, -0.25) is 0 Å². The van der Waals surface area contributed by atoms with Crippen LogP contribution < -0.4 is 10.4 Å². The summed E-state index contributed by atoms with van der Waals surface area (Å²) in [6.45, 7) is 2.22. The molecule has 0 amide bonds. The molecule has 4 nitrogen and oxygen atoms in total. The van der Waals surface area contributed by atoms with Gasteiger partial charge in [0, 0.05) is 17.0 Å². The summed E-state index contributed by atoms with van der Waals surface area (Å²) < 4.78 is 11.0. The normalized spacial score (nSPS) is 10.5. The van der Waals surface area contributed by atoms with Crippen LogP contribution in [0, 0.1) is 11.3 Å². The van der Waals surface area contributed by atoms with Crippen molar-refractivity contribution in [2.45, 2.75) is 20.0 Å². The fourth-order valence-corrected chi connectivity index (χ4v) is 2.69. The third-order valence-corrected chi connectivity index (χ3v) is 4.04. The molecule has 0 saturated heterocycles. The van der Waals surface area contributed by atoms with E-state index in [1.54, 1.807) is 18.2 Å². The van der Waals surface area contributed by atoms with Crippen LogP contribution in [0.3, 0.4) is 0 Å². The van der Waals surface area contributed by atoms with E-state index in [1.807, 2.05) is 31.2 Å². The summed E-state index contributed by atoms with van der Waals surface area (Å²) in [6.07, 6.45) is 0.862. The van der Waals surface area contributed by atoms with Crippen molar-refractivity contribution < 1.29 is 9.15 Å². The van der Waals surface area contributed by atoms with Crippen molar-refractivity contribution in [2.75, 3.05) is 0 Å². The maximum atomic E-state index is 11.8.